The van der Waals surface area contributed by atoms with E-state index in [9.17, 15) is 13.2 Å². The van der Waals surface area contributed by atoms with Gasteiger partial charge in [-0.15, -0.1) is 0 Å². The number of alkyl halides is 3. The summed E-state index contributed by atoms with van der Waals surface area (Å²) < 4.78 is 42.8. The van der Waals surface area contributed by atoms with Crippen molar-refractivity contribution in [3.05, 3.63) is 36.4 Å². The Morgan fingerprint density at radius 1 is 1.25 bits per heavy atom. The Labute approximate surface area is 134 Å². The summed E-state index contributed by atoms with van der Waals surface area (Å²) >= 11 is 0. The maximum atomic E-state index is 12.2. The van der Waals surface area contributed by atoms with Crippen LogP contribution in [0.1, 0.15) is 5.69 Å². The van der Waals surface area contributed by atoms with Crippen LogP contribution >= 0.6 is 0 Å². The van der Waals surface area contributed by atoms with Gasteiger partial charge in [-0.25, -0.2) is 15.0 Å². The van der Waals surface area contributed by atoms with E-state index in [0.29, 0.717) is 17.2 Å². The minimum Gasteiger partial charge on any atom is -0.468 e. The van der Waals surface area contributed by atoms with Gasteiger partial charge < -0.3 is 10.1 Å². The normalized spacial score (nSPS) is 11.7. The van der Waals surface area contributed by atoms with E-state index >= 15 is 0 Å². The lowest BCUT2D eigenvalue weighted by molar-refractivity contribution is -0.154. The minimum absolute atomic E-state index is 0.0826. The third-order valence-electron chi connectivity index (χ3n) is 3.13. The molecule has 0 amide bonds. The first-order valence-electron chi connectivity index (χ1n) is 6.94. The number of aryl methyl sites for hydroxylation is 1. The summed E-state index contributed by atoms with van der Waals surface area (Å²) in [6.45, 7) is -1.11. The van der Waals surface area contributed by atoms with Gasteiger partial charge in [-0.1, -0.05) is 6.07 Å². The fourth-order valence-corrected chi connectivity index (χ4v) is 2.07. The summed E-state index contributed by atoms with van der Waals surface area (Å²) in [6, 6.07) is 4.63. The van der Waals surface area contributed by atoms with E-state index < -0.39 is 12.8 Å². The van der Waals surface area contributed by atoms with E-state index in [2.05, 4.69) is 30.1 Å². The van der Waals surface area contributed by atoms with Crippen LogP contribution in [0.15, 0.2) is 30.7 Å². The zero-order valence-corrected chi connectivity index (χ0v) is 12.6. The predicted molar refractivity (Wildman–Crippen MR) is 79.4 cm³/mol. The van der Waals surface area contributed by atoms with E-state index in [1.807, 2.05) is 0 Å². The van der Waals surface area contributed by atoms with Crippen molar-refractivity contribution in [1.29, 1.82) is 0 Å². The van der Waals surface area contributed by atoms with Crippen molar-refractivity contribution in [3.8, 4) is 5.88 Å². The molecule has 3 aromatic heterocycles. The van der Waals surface area contributed by atoms with Gasteiger partial charge in [-0.2, -0.15) is 18.3 Å². The van der Waals surface area contributed by atoms with Crippen molar-refractivity contribution in [2.24, 2.45) is 7.05 Å². The Balaban J connectivity index is 1.70. The van der Waals surface area contributed by atoms with Crippen LogP contribution in [0.25, 0.3) is 11.0 Å². The number of rotatable bonds is 5. The molecule has 0 aliphatic rings. The van der Waals surface area contributed by atoms with Crippen molar-refractivity contribution >= 4 is 16.9 Å². The number of nitrogens with zero attached hydrogens (tertiary/aromatic N) is 5. The second-order valence-corrected chi connectivity index (χ2v) is 4.95. The van der Waals surface area contributed by atoms with Crippen LogP contribution in [0.3, 0.4) is 0 Å². The first kappa shape index (κ1) is 16.0. The summed E-state index contributed by atoms with van der Waals surface area (Å²) in [5, 5.41) is 7.92. The molecule has 10 heteroatoms. The van der Waals surface area contributed by atoms with E-state index in [1.54, 1.807) is 30.1 Å². The minimum atomic E-state index is -4.40. The molecule has 3 aromatic rings. The van der Waals surface area contributed by atoms with Gasteiger partial charge in [-0.3, -0.25) is 4.68 Å². The first-order valence-corrected chi connectivity index (χ1v) is 6.94. The number of anilines is 1. The van der Waals surface area contributed by atoms with E-state index in [4.69, 9.17) is 0 Å². The second kappa shape index (κ2) is 6.30. The highest BCUT2D eigenvalue weighted by molar-refractivity contribution is 5.85. The fraction of sp³-hybridized carbons (Fsp3) is 0.286. The number of hydrogen-bond acceptors (Lipinski definition) is 6. The van der Waals surface area contributed by atoms with Gasteiger partial charge in [0, 0.05) is 13.1 Å². The number of fused-ring (bicyclic) bond motifs is 1. The molecule has 0 radical (unpaired) electrons. The molecule has 0 spiro atoms. The smallest absolute Gasteiger partial charge is 0.422 e. The van der Waals surface area contributed by atoms with Gasteiger partial charge in [0.05, 0.1) is 23.8 Å². The van der Waals surface area contributed by atoms with E-state index in [1.165, 1.54) is 12.4 Å². The molecule has 24 heavy (non-hydrogen) atoms. The molecule has 0 saturated carbocycles. The van der Waals surface area contributed by atoms with E-state index in [-0.39, 0.29) is 12.4 Å². The Kier molecular flexibility index (Phi) is 4.19. The van der Waals surface area contributed by atoms with Crippen LogP contribution < -0.4 is 10.1 Å². The maximum absolute atomic E-state index is 12.2. The average molecular weight is 338 g/mol. The van der Waals surface area contributed by atoms with Gasteiger partial charge >= 0.3 is 6.18 Å². The maximum Gasteiger partial charge on any atom is 0.422 e. The van der Waals surface area contributed by atoms with Gasteiger partial charge in [0.25, 0.3) is 0 Å². The standard InChI is InChI=1S/C14H13F3N6O/c1-23-13-10(6-21-23)12(19-8-20-13)18-5-9-3-2-4-11(22-9)24-7-14(15,16)17/h2-4,6,8H,5,7H2,1H3,(H,18,19,20). The fourth-order valence-electron chi connectivity index (χ4n) is 2.07. The van der Waals surface area contributed by atoms with E-state index in [0.717, 1.165) is 5.39 Å². The number of hydrogen-bond donors (Lipinski definition) is 1. The summed E-state index contributed by atoms with van der Waals surface area (Å²) in [5.41, 5.74) is 1.19. The van der Waals surface area contributed by atoms with Crippen molar-refractivity contribution in [1.82, 2.24) is 24.7 Å². The summed E-state index contributed by atoms with van der Waals surface area (Å²) in [5.74, 6) is 0.484. The van der Waals surface area contributed by atoms with Crippen molar-refractivity contribution in [2.45, 2.75) is 12.7 Å². The van der Waals surface area contributed by atoms with Crippen LogP contribution in [0.2, 0.25) is 0 Å². The number of aromatic nitrogens is 5. The molecule has 126 valence electrons. The molecular weight excluding hydrogens is 325 g/mol. The highest BCUT2D eigenvalue weighted by atomic mass is 19.4. The van der Waals surface area contributed by atoms with Gasteiger partial charge in [0.15, 0.2) is 12.3 Å². The molecule has 0 unspecified atom stereocenters. The lowest BCUT2D eigenvalue weighted by Crippen LogP contribution is -2.19. The summed E-state index contributed by atoms with van der Waals surface area (Å²) in [4.78, 5) is 12.3. The van der Waals surface area contributed by atoms with Crippen LogP contribution in [-0.4, -0.2) is 37.5 Å². The second-order valence-electron chi connectivity index (χ2n) is 4.95. The lowest BCUT2D eigenvalue weighted by atomic mass is 10.3. The highest BCUT2D eigenvalue weighted by Crippen LogP contribution is 2.19. The predicted octanol–water partition coefficient (Wildman–Crippen LogP) is 2.31. The molecule has 1 N–H and O–H groups in total. The first-order chi connectivity index (χ1) is 11.4. The molecule has 3 heterocycles. The molecular formula is C14H13F3N6O. The Hall–Kier alpha value is -2.91. The number of nitrogens with one attached hydrogen (secondary N) is 1. The monoisotopic (exact) mass is 338 g/mol. The zero-order chi connectivity index (χ0) is 17.2. The van der Waals surface area contributed by atoms with Gasteiger partial charge in [0.1, 0.15) is 12.1 Å². The quantitative estimate of drug-likeness (QED) is 0.769. The van der Waals surface area contributed by atoms with Crippen LogP contribution in [-0.2, 0) is 13.6 Å². The molecule has 0 bridgehead atoms. The molecule has 0 atom stereocenters. The summed E-state index contributed by atoms with van der Waals surface area (Å²) in [6.07, 6.45) is -1.36. The number of halogens is 3. The molecule has 0 fully saturated rings. The Bertz CT molecular complexity index is 848. The third-order valence-corrected chi connectivity index (χ3v) is 3.13. The van der Waals surface area contributed by atoms with Crippen LogP contribution in [0.4, 0.5) is 19.0 Å². The number of ether oxygens (including phenoxy) is 1. The zero-order valence-electron chi connectivity index (χ0n) is 12.6. The molecule has 0 saturated heterocycles. The SMILES string of the molecule is Cn1ncc2c(NCc3cccc(OCC(F)(F)F)n3)ncnc21. The third kappa shape index (κ3) is 3.70. The summed E-state index contributed by atoms with van der Waals surface area (Å²) in [7, 11) is 1.77. The topological polar surface area (TPSA) is 77.8 Å². The lowest BCUT2D eigenvalue weighted by Gasteiger charge is -2.10. The van der Waals surface area contributed by atoms with Gasteiger partial charge in [0.2, 0.25) is 5.88 Å². The molecule has 3 rings (SSSR count). The molecule has 0 aromatic carbocycles. The Morgan fingerprint density at radius 2 is 2.08 bits per heavy atom. The Morgan fingerprint density at radius 3 is 2.88 bits per heavy atom. The van der Waals surface area contributed by atoms with Crippen molar-refractivity contribution in [3.63, 3.8) is 0 Å². The van der Waals surface area contributed by atoms with Crippen molar-refractivity contribution < 1.29 is 17.9 Å². The van der Waals surface area contributed by atoms with Crippen molar-refractivity contribution in [2.75, 3.05) is 11.9 Å². The number of pyridine rings is 1. The molecule has 0 aliphatic carbocycles. The average Bonchev–Trinajstić information content (AvgIpc) is 2.93. The highest BCUT2D eigenvalue weighted by Gasteiger charge is 2.28. The van der Waals surface area contributed by atoms with Crippen LogP contribution in [0, 0.1) is 0 Å². The van der Waals surface area contributed by atoms with Crippen LogP contribution in [0.5, 0.6) is 5.88 Å². The largest absolute Gasteiger partial charge is 0.468 e. The van der Waals surface area contributed by atoms with Gasteiger partial charge in [-0.05, 0) is 6.07 Å². The molecule has 7 nitrogen and oxygen atoms in total. The molecule has 0 aliphatic heterocycles.